The van der Waals surface area contributed by atoms with Crippen molar-refractivity contribution in [2.75, 3.05) is 39.9 Å². The number of aliphatic hydroxyl groups is 1. The number of nitrogens with one attached hydrogen (secondary N) is 2. The molecule has 0 spiro atoms. The summed E-state index contributed by atoms with van der Waals surface area (Å²) in [6.45, 7) is 4.11. The topological polar surface area (TPSA) is 90.9 Å². The molecule has 1 rings (SSSR count). The number of likely N-dealkylation sites (tertiary alicyclic amines) is 1. The highest BCUT2D eigenvalue weighted by Crippen LogP contribution is 2.16. The van der Waals surface area contributed by atoms with Crippen LogP contribution in [-0.2, 0) is 9.53 Å². The Morgan fingerprint density at radius 2 is 2.21 bits per heavy atom. The molecular formula is C12H23N3O4. The number of hydrogen-bond donors (Lipinski definition) is 3. The Bertz CT molecular complexity index is 311. The molecule has 0 aliphatic carbocycles. The van der Waals surface area contributed by atoms with Crippen molar-refractivity contribution in [1.82, 2.24) is 15.5 Å². The second-order valence-corrected chi connectivity index (χ2v) is 4.87. The summed E-state index contributed by atoms with van der Waals surface area (Å²) in [5, 5.41) is 14.5. The van der Waals surface area contributed by atoms with Crippen molar-refractivity contribution in [1.29, 1.82) is 0 Å². The summed E-state index contributed by atoms with van der Waals surface area (Å²) in [4.78, 5) is 24.8. The molecule has 19 heavy (non-hydrogen) atoms. The molecule has 0 aromatic carbocycles. The maximum Gasteiger partial charge on any atom is 0.321 e. The van der Waals surface area contributed by atoms with Gasteiger partial charge < -0.3 is 15.2 Å². The van der Waals surface area contributed by atoms with Crippen LogP contribution >= 0.6 is 0 Å². The van der Waals surface area contributed by atoms with E-state index in [0.717, 1.165) is 13.0 Å². The predicted octanol–water partition coefficient (Wildman–Crippen LogP) is -0.839. The van der Waals surface area contributed by atoms with Gasteiger partial charge in [-0.15, -0.1) is 0 Å². The summed E-state index contributed by atoms with van der Waals surface area (Å²) in [5.41, 5.74) is 0. The number of β-amino-alcohol motifs (C(OH)–C–C–N with tert-alkyl or cyclic N) is 1. The number of nitrogens with zero attached hydrogens (tertiary/aromatic N) is 1. The Hall–Kier alpha value is -1.18. The molecule has 0 saturated carbocycles. The lowest BCUT2D eigenvalue weighted by Crippen LogP contribution is -2.49. The van der Waals surface area contributed by atoms with Gasteiger partial charge in [-0.05, 0) is 18.9 Å². The Morgan fingerprint density at radius 3 is 2.84 bits per heavy atom. The van der Waals surface area contributed by atoms with Crippen molar-refractivity contribution in [3.8, 4) is 0 Å². The second kappa shape index (κ2) is 8.08. The summed E-state index contributed by atoms with van der Waals surface area (Å²) >= 11 is 0. The molecule has 2 unspecified atom stereocenters. The number of aliphatic hydroxyl groups excluding tert-OH is 1. The molecule has 1 fully saturated rings. The van der Waals surface area contributed by atoms with Crippen LogP contribution in [0.4, 0.5) is 4.79 Å². The molecule has 1 aliphatic rings. The molecule has 1 saturated heterocycles. The van der Waals surface area contributed by atoms with Gasteiger partial charge >= 0.3 is 6.03 Å². The molecule has 0 aromatic rings. The van der Waals surface area contributed by atoms with Crippen LogP contribution in [0.1, 0.15) is 13.3 Å². The quantitative estimate of drug-likeness (QED) is 0.568. The Kier molecular flexibility index (Phi) is 6.75. The van der Waals surface area contributed by atoms with Crippen LogP contribution in [0.3, 0.4) is 0 Å². The van der Waals surface area contributed by atoms with E-state index in [-0.39, 0.29) is 18.4 Å². The van der Waals surface area contributed by atoms with Crippen molar-refractivity contribution in [3.63, 3.8) is 0 Å². The van der Waals surface area contributed by atoms with Crippen molar-refractivity contribution in [2.45, 2.75) is 19.4 Å². The van der Waals surface area contributed by atoms with Crippen LogP contribution in [0.15, 0.2) is 0 Å². The number of rotatable bonds is 5. The molecule has 0 bridgehead atoms. The summed E-state index contributed by atoms with van der Waals surface area (Å²) in [6.07, 6.45) is 0.450. The fourth-order valence-electron chi connectivity index (χ4n) is 1.94. The van der Waals surface area contributed by atoms with Gasteiger partial charge in [0.25, 0.3) is 0 Å². The number of piperidine rings is 1. The van der Waals surface area contributed by atoms with Gasteiger partial charge in [-0.25, -0.2) is 4.79 Å². The zero-order valence-electron chi connectivity index (χ0n) is 11.5. The van der Waals surface area contributed by atoms with Gasteiger partial charge in [0.05, 0.1) is 19.3 Å². The third-order valence-corrected chi connectivity index (χ3v) is 3.21. The van der Waals surface area contributed by atoms with E-state index < -0.39 is 12.1 Å². The van der Waals surface area contributed by atoms with Gasteiger partial charge in [-0.1, -0.05) is 6.92 Å². The molecule has 3 amide bonds. The second-order valence-electron chi connectivity index (χ2n) is 4.87. The van der Waals surface area contributed by atoms with E-state index in [2.05, 4.69) is 10.6 Å². The first kappa shape index (κ1) is 15.9. The van der Waals surface area contributed by atoms with E-state index in [4.69, 9.17) is 4.74 Å². The minimum absolute atomic E-state index is 0.126. The van der Waals surface area contributed by atoms with E-state index in [9.17, 15) is 14.7 Å². The van der Waals surface area contributed by atoms with Crippen LogP contribution in [0, 0.1) is 5.92 Å². The lowest BCUT2D eigenvalue weighted by Gasteiger charge is -2.33. The zero-order chi connectivity index (χ0) is 14.3. The van der Waals surface area contributed by atoms with Gasteiger partial charge in [-0.3, -0.25) is 15.0 Å². The van der Waals surface area contributed by atoms with Crippen LogP contribution in [0.25, 0.3) is 0 Å². The third kappa shape index (κ3) is 6.00. The Balaban J connectivity index is 2.22. The zero-order valence-corrected chi connectivity index (χ0v) is 11.5. The Morgan fingerprint density at radius 1 is 1.47 bits per heavy atom. The van der Waals surface area contributed by atoms with Gasteiger partial charge in [0.2, 0.25) is 5.91 Å². The number of urea groups is 1. The summed E-state index contributed by atoms with van der Waals surface area (Å²) < 4.78 is 4.78. The molecule has 1 heterocycles. The van der Waals surface area contributed by atoms with Crippen molar-refractivity contribution in [3.05, 3.63) is 0 Å². The average molecular weight is 273 g/mol. The summed E-state index contributed by atoms with van der Waals surface area (Å²) in [5.74, 6) is -0.103. The Labute approximate surface area is 113 Å². The predicted molar refractivity (Wildman–Crippen MR) is 69.6 cm³/mol. The number of carbonyl (C=O) groups excluding carboxylic acids is 2. The summed E-state index contributed by atoms with van der Waals surface area (Å²) in [7, 11) is 1.54. The summed E-state index contributed by atoms with van der Waals surface area (Å²) in [6, 6.07) is -0.520. The highest BCUT2D eigenvalue weighted by atomic mass is 16.5. The molecule has 0 radical (unpaired) electrons. The largest absolute Gasteiger partial charge is 0.392 e. The lowest BCUT2D eigenvalue weighted by atomic mass is 9.96. The van der Waals surface area contributed by atoms with E-state index in [0.29, 0.717) is 19.7 Å². The number of methoxy groups -OCH3 is 1. The fourth-order valence-corrected chi connectivity index (χ4v) is 1.94. The number of ether oxygens (including phenoxy) is 1. The molecule has 7 nitrogen and oxygen atoms in total. The molecule has 1 aliphatic heterocycles. The molecule has 3 N–H and O–H groups in total. The van der Waals surface area contributed by atoms with Gasteiger partial charge in [0.15, 0.2) is 0 Å². The minimum Gasteiger partial charge on any atom is -0.392 e. The SMILES string of the molecule is COCCNC(=O)NC(=O)CN1CCC(C)C(O)C1. The van der Waals surface area contributed by atoms with Gasteiger partial charge in [-0.2, -0.15) is 0 Å². The van der Waals surface area contributed by atoms with E-state index >= 15 is 0 Å². The van der Waals surface area contributed by atoms with Gasteiger partial charge in [0, 0.05) is 20.2 Å². The first-order valence-electron chi connectivity index (χ1n) is 6.50. The van der Waals surface area contributed by atoms with E-state index in [1.165, 1.54) is 7.11 Å². The number of carbonyl (C=O) groups is 2. The first-order chi connectivity index (χ1) is 9.02. The molecule has 110 valence electrons. The van der Waals surface area contributed by atoms with E-state index in [1.807, 2.05) is 11.8 Å². The average Bonchev–Trinajstić information content (AvgIpc) is 2.34. The normalized spacial score (nSPS) is 23.9. The van der Waals surface area contributed by atoms with Crippen LogP contribution in [0.5, 0.6) is 0 Å². The van der Waals surface area contributed by atoms with Crippen LogP contribution in [0.2, 0.25) is 0 Å². The highest BCUT2D eigenvalue weighted by molar-refractivity contribution is 5.95. The molecular weight excluding hydrogens is 250 g/mol. The number of amides is 3. The monoisotopic (exact) mass is 273 g/mol. The standard InChI is InChI=1S/C12H23N3O4/c1-9-3-5-15(7-10(9)16)8-11(17)14-12(18)13-4-6-19-2/h9-10,16H,3-8H2,1-2H3,(H2,13,14,17,18). The van der Waals surface area contributed by atoms with Crippen LogP contribution in [-0.4, -0.2) is 67.9 Å². The molecule has 0 aromatic heterocycles. The maximum absolute atomic E-state index is 11.6. The third-order valence-electron chi connectivity index (χ3n) is 3.21. The van der Waals surface area contributed by atoms with Crippen molar-refractivity contribution < 1.29 is 19.4 Å². The van der Waals surface area contributed by atoms with Gasteiger partial charge in [0.1, 0.15) is 0 Å². The minimum atomic E-state index is -0.520. The van der Waals surface area contributed by atoms with Crippen molar-refractivity contribution >= 4 is 11.9 Å². The van der Waals surface area contributed by atoms with Crippen molar-refractivity contribution in [2.24, 2.45) is 5.92 Å². The highest BCUT2D eigenvalue weighted by Gasteiger charge is 2.25. The molecule has 2 atom stereocenters. The fraction of sp³-hybridized carbons (Fsp3) is 0.833. The smallest absolute Gasteiger partial charge is 0.321 e. The first-order valence-corrected chi connectivity index (χ1v) is 6.50. The number of imide groups is 1. The lowest BCUT2D eigenvalue weighted by molar-refractivity contribution is -0.122. The van der Waals surface area contributed by atoms with E-state index in [1.54, 1.807) is 0 Å². The number of hydrogen-bond acceptors (Lipinski definition) is 5. The maximum atomic E-state index is 11.6. The van der Waals surface area contributed by atoms with Crippen LogP contribution < -0.4 is 10.6 Å². The molecule has 7 heteroatoms.